The van der Waals surface area contributed by atoms with Gasteiger partial charge in [-0.1, -0.05) is 36.4 Å². The third-order valence-corrected chi connectivity index (χ3v) is 4.02. The first-order valence-corrected chi connectivity index (χ1v) is 8.64. The van der Waals surface area contributed by atoms with Crippen LogP contribution in [0.1, 0.15) is 19.4 Å². The van der Waals surface area contributed by atoms with Gasteiger partial charge in [-0.05, 0) is 54.3 Å². The largest absolute Gasteiger partial charge is 0.457 e. The van der Waals surface area contributed by atoms with E-state index in [9.17, 15) is 4.79 Å². The average Bonchev–Trinajstić information content (AvgIpc) is 2.63. The summed E-state index contributed by atoms with van der Waals surface area (Å²) in [5.74, 6) is 1.56. The summed E-state index contributed by atoms with van der Waals surface area (Å²) in [7, 11) is 0. The molecule has 2 aromatic carbocycles. The molecule has 0 fully saturated rings. The van der Waals surface area contributed by atoms with Crippen molar-refractivity contribution in [3.63, 3.8) is 0 Å². The fraction of sp³-hybridized carbons (Fsp3) is 0.182. The van der Waals surface area contributed by atoms with Crippen LogP contribution in [0.25, 0.3) is 11.1 Å². The molecule has 1 amide bonds. The minimum atomic E-state index is 0.00296. The van der Waals surface area contributed by atoms with Gasteiger partial charge in [0.15, 0.2) is 0 Å². The van der Waals surface area contributed by atoms with Crippen LogP contribution >= 0.6 is 0 Å². The Morgan fingerprint density at radius 1 is 0.923 bits per heavy atom. The van der Waals surface area contributed by atoms with Gasteiger partial charge in [-0.2, -0.15) is 0 Å². The Bertz CT molecular complexity index is 844. The number of ether oxygens (including phenoxy) is 1. The van der Waals surface area contributed by atoms with Gasteiger partial charge in [0.25, 0.3) is 0 Å². The number of carbonyl (C=O) groups is 1. The fourth-order valence-electron chi connectivity index (χ4n) is 2.84. The van der Waals surface area contributed by atoms with E-state index in [0.29, 0.717) is 0 Å². The zero-order valence-corrected chi connectivity index (χ0v) is 15.0. The van der Waals surface area contributed by atoms with Crippen molar-refractivity contribution in [3.8, 4) is 22.6 Å². The lowest BCUT2D eigenvalue weighted by atomic mass is 10.0. The minimum absolute atomic E-state index is 0.00296. The Morgan fingerprint density at radius 2 is 1.46 bits per heavy atom. The zero-order chi connectivity index (χ0) is 18.4. The average molecular weight is 346 g/mol. The van der Waals surface area contributed by atoms with Crippen molar-refractivity contribution in [2.75, 3.05) is 0 Å². The third-order valence-electron chi connectivity index (χ3n) is 4.02. The Morgan fingerprint density at radius 3 is 2.04 bits per heavy atom. The lowest BCUT2D eigenvalue weighted by Gasteiger charge is -2.13. The normalized spacial score (nSPS) is 11.6. The van der Waals surface area contributed by atoms with Crippen LogP contribution in [0.15, 0.2) is 73.1 Å². The second-order valence-corrected chi connectivity index (χ2v) is 6.31. The Balaban J connectivity index is 1.64. The first-order chi connectivity index (χ1) is 12.6. The number of aromatic nitrogens is 1. The molecule has 0 saturated heterocycles. The molecular formula is C22H22N2O2. The summed E-state index contributed by atoms with van der Waals surface area (Å²) < 4.78 is 5.79. The predicted octanol–water partition coefficient (Wildman–Crippen LogP) is 4.61. The number of benzene rings is 2. The molecule has 3 aromatic rings. The molecule has 4 heteroatoms. The lowest BCUT2D eigenvalue weighted by Crippen LogP contribution is -2.31. The van der Waals surface area contributed by atoms with E-state index in [1.165, 1.54) is 5.56 Å². The summed E-state index contributed by atoms with van der Waals surface area (Å²) >= 11 is 0. The summed E-state index contributed by atoms with van der Waals surface area (Å²) in [4.78, 5) is 15.1. The van der Waals surface area contributed by atoms with Crippen LogP contribution in [-0.4, -0.2) is 16.9 Å². The second-order valence-electron chi connectivity index (χ2n) is 6.31. The van der Waals surface area contributed by atoms with Crippen LogP contribution < -0.4 is 10.1 Å². The molecule has 0 saturated carbocycles. The highest BCUT2D eigenvalue weighted by atomic mass is 16.5. The van der Waals surface area contributed by atoms with E-state index in [4.69, 9.17) is 4.74 Å². The molecule has 0 aliphatic carbocycles. The van der Waals surface area contributed by atoms with Crippen LogP contribution in [0, 0.1) is 0 Å². The number of rotatable bonds is 6. The smallest absolute Gasteiger partial charge is 0.217 e. The van der Waals surface area contributed by atoms with Crippen molar-refractivity contribution in [1.29, 1.82) is 0 Å². The van der Waals surface area contributed by atoms with E-state index in [0.717, 1.165) is 29.0 Å². The SMILES string of the molecule is CC(=O)NC(C)Cc1ccc(-c2ccc(Oc3ccncc3)cc2)cc1. The molecule has 0 radical (unpaired) electrons. The van der Waals surface area contributed by atoms with Crippen molar-refractivity contribution in [1.82, 2.24) is 10.3 Å². The summed E-state index contributed by atoms with van der Waals surface area (Å²) in [6, 6.07) is 20.2. The molecule has 0 bridgehead atoms. The zero-order valence-electron chi connectivity index (χ0n) is 15.0. The molecule has 3 rings (SSSR count). The number of pyridine rings is 1. The van der Waals surface area contributed by atoms with E-state index in [-0.39, 0.29) is 11.9 Å². The Labute approximate surface area is 153 Å². The van der Waals surface area contributed by atoms with E-state index in [1.807, 2.05) is 43.3 Å². The summed E-state index contributed by atoms with van der Waals surface area (Å²) in [6.07, 6.45) is 4.23. The molecule has 132 valence electrons. The molecule has 1 heterocycles. The fourth-order valence-corrected chi connectivity index (χ4v) is 2.84. The van der Waals surface area contributed by atoms with Crippen molar-refractivity contribution >= 4 is 5.91 Å². The van der Waals surface area contributed by atoms with Crippen molar-refractivity contribution in [2.45, 2.75) is 26.3 Å². The van der Waals surface area contributed by atoms with Crippen LogP contribution in [-0.2, 0) is 11.2 Å². The van der Waals surface area contributed by atoms with Gasteiger partial charge >= 0.3 is 0 Å². The highest BCUT2D eigenvalue weighted by Gasteiger charge is 2.05. The van der Waals surface area contributed by atoms with Gasteiger partial charge < -0.3 is 10.1 Å². The first kappa shape index (κ1) is 17.7. The maximum Gasteiger partial charge on any atom is 0.217 e. The molecule has 1 N–H and O–H groups in total. The molecule has 0 aliphatic rings. The number of amides is 1. The molecule has 4 nitrogen and oxygen atoms in total. The van der Waals surface area contributed by atoms with Gasteiger partial charge in [0, 0.05) is 25.4 Å². The maximum atomic E-state index is 11.1. The van der Waals surface area contributed by atoms with Crippen molar-refractivity contribution in [3.05, 3.63) is 78.6 Å². The molecule has 26 heavy (non-hydrogen) atoms. The Hall–Kier alpha value is -3.14. The standard InChI is InChI=1S/C22H22N2O2/c1-16(24-17(2)25)15-18-3-5-19(6-4-18)20-7-9-21(10-8-20)26-22-11-13-23-14-12-22/h3-14,16H,15H2,1-2H3,(H,24,25). The minimum Gasteiger partial charge on any atom is -0.457 e. The quantitative estimate of drug-likeness (QED) is 0.709. The monoisotopic (exact) mass is 346 g/mol. The number of nitrogens with zero attached hydrogens (tertiary/aromatic N) is 1. The van der Waals surface area contributed by atoms with Gasteiger partial charge in [-0.15, -0.1) is 0 Å². The number of nitrogens with one attached hydrogen (secondary N) is 1. The van der Waals surface area contributed by atoms with E-state index < -0.39 is 0 Å². The summed E-state index contributed by atoms with van der Waals surface area (Å²) in [6.45, 7) is 3.55. The van der Waals surface area contributed by atoms with Gasteiger partial charge in [0.1, 0.15) is 11.5 Å². The number of carbonyl (C=O) groups excluding carboxylic acids is 1. The molecule has 1 aromatic heterocycles. The van der Waals surface area contributed by atoms with Crippen LogP contribution in [0.4, 0.5) is 0 Å². The third kappa shape index (κ3) is 4.93. The molecule has 0 aliphatic heterocycles. The van der Waals surface area contributed by atoms with Crippen LogP contribution in [0.5, 0.6) is 11.5 Å². The number of hydrogen-bond donors (Lipinski definition) is 1. The van der Waals surface area contributed by atoms with E-state index in [2.05, 4.69) is 34.6 Å². The van der Waals surface area contributed by atoms with Gasteiger partial charge in [-0.3, -0.25) is 9.78 Å². The van der Waals surface area contributed by atoms with Gasteiger partial charge in [-0.25, -0.2) is 0 Å². The molecular weight excluding hydrogens is 324 g/mol. The highest BCUT2D eigenvalue weighted by molar-refractivity contribution is 5.73. The second kappa shape index (κ2) is 8.30. The van der Waals surface area contributed by atoms with Crippen molar-refractivity contribution < 1.29 is 9.53 Å². The molecule has 1 unspecified atom stereocenters. The van der Waals surface area contributed by atoms with E-state index >= 15 is 0 Å². The highest BCUT2D eigenvalue weighted by Crippen LogP contribution is 2.26. The predicted molar refractivity (Wildman–Crippen MR) is 103 cm³/mol. The number of hydrogen-bond acceptors (Lipinski definition) is 3. The summed E-state index contributed by atoms with van der Waals surface area (Å²) in [5.41, 5.74) is 3.48. The van der Waals surface area contributed by atoms with Gasteiger partial charge in [0.2, 0.25) is 5.91 Å². The van der Waals surface area contributed by atoms with Crippen LogP contribution in [0.2, 0.25) is 0 Å². The van der Waals surface area contributed by atoms with Crippen molar-refractivity contribution in [2.24, 2.45) is 0 Å². The summed E-state index contributed by atoms with van der Waals surface area (Å²) in [5, 5.41) is 2.91. The first-order valence-electron chi connectivity index (χ1n) is 8.64. The maximum absolute atomic E-state index is 11.1. The Kier molecular flexibility index (Phi) is 5.64. The van der Waals surface area contributed by atoms with Gasteiger partial charge in [0.05, 0.1) is 0 Å². The molecule has 1 atom stereocenters. The topological polar surface area (TPSA) is 51.2 Å². The van der Waals surface area contributed by atoms with Crippen LogP contribution in [0.3, 0.4) is 0 Å². The van der Waals surface area contributed by atoms with E-state index in [1.54, 1.807) is 19.3 Å². The molecule has 0 spiro atoms. The lowest BCUT2D eigenvalue weighted by molar-refractivity contribution is -0.119.